The molecule has 2 aromatic carbocycles. The summed E-state index contributed by atoms with van der Waals surface area (Å²) in [5.74, 6) is 2.23. The van der Waals surface area contributed by atoms with Crippen molar-refractivity contribution in [1.82, 2.24) is 5.32 Å². The quantitative estimate of drug-likeness (QED) is 0.595. The Bertz CT molecular complexity index is 781. The van der Waals surface area contributed by atoms with Crippen molar-refractivity contribution in [2.24, 2.45) is 0 Å². The highest BCUT2D eigenvalue weighted by Crippen LogP contribution is 2.25. The van der Waals surface area contributed by atoms with Gasteiger partial charge in [0.1, 0.15) is 5.75 Å². The van der Waals surface area contributed by atoms with E-state index >= 15 is 0 Å². The van der Waals surface area contributed by atoms with Crippen LogP contribution in [0.25, 0.3) is 0 Å². The molecule has 0 saturated heterocycles. The van der Waals surface area contributed by atoms with Crippen molar-refractivity contribution >= 4 is 40.9 Å². The van der Waals surface area contributed by atoms with Gasteiger partial charge in [0.15, 0.2) is 6.61 Å². The number of hydrogen-bond donors (Lipinski definition) is 1. The summed E-state index contributed by atoms with van der Waals surface area (Å²) in [6.07, 6.45) is 0. The molecule has 6 heteroatoms. The second-order valence-corrected chi connectivity index (χ2v) is 8.08. The number of halogens is 2. The monoisotopic (exact) mass is 411 g/mol. The highest BCUT2D eigenvalue weighted by atomic mass is 35.5. The Kier molecular flexibility index (Phi) is 8.14. The average Bonchev–Trinajstić information content (AvgIpc) is 2.58. The van der Waals surface area contributed by atoms with Crippen LogP contribution in [0, 0.1) is 20.8 Å². The van der Waals surface area contributed by atoms with Gasteiger partial charge in [-0.25, -0.2) is 0 Å². The fourth-order valence-corrected chi connectivity index (χ4v) is 3.85. The third-order valence-electron chi connectivity index (χ3n) is 3.96. The molecule has 2 aromatic rings. The summed E-state index contributed by atoms with van der Waals surface area (Å²) >= 11 is 13.7. The van der Waals surface area contributed by atoms with Crippen LogP contribution in [0.15, 0.2) is 30.3 Å². The van der Waals surface area contributed by atoms with Crippen molar-refractivity contribution in [3.05, 3.63) is 62.6 Å². The SMILES string of the molecule is Cc1cc(C)c(C)c(OCC(=O)NCCSCc2ccc(Cl)cc2Cl)c1. The molecule has 0 atom stereocenters. The number of carbonyl (C=O) groups is 1. The highest BCUT2D eigenvalue weighted by Gasteiger charge is 2.07. The number of benzene rings is 2. The van der Waals surface area contributed by atoms with Gasteiger partial charge in [-0.05, 0) is 61.2 Å². The van der Waals surface area contributed by atoms with Crippen LogP contribution in [-0.4, -0.2) is 24.8 Å². The van der Waals surface area contributed by atoms with Gasteiger partial charge < -0.3 is 10.1 Å². The van der Waals surface area contributed by atoms with E-state index in [9.17, 15) is 4.79 Å². The topological polar surface area (TPSA) is 38.3 Å². The molecule has 0 aliphatic carbocycles. The number of ether oxygens (including phenoxy) is 1. The minimum atomic E-state index is -0.117. The first-order valence-corrected chi connectivity index (χ1v) is 10.3. The van der Waals surface area contributed by atoms with Crippen LogP contribution in [0.2, 0.25) is 10.0 Å². The Morgan fingerprint density at radius 2 is 1.92 bits per heavy atom. The molecule has 0 spiro atoms. The lowest BCUT2D eigenvalue weighted by atomic mass is 10.1. The number of nitrogens with one attached hydrogen (secondary N) is 1. The predicted molar refractivity (Wildman–Crippen MR) is 112 cm³/mol. The van der Waals surface area contributed by atoms with Crippen molar-refractivity contribution < 1.29 is 9.53 Å². The molecule has 0 radical (unpaired) electrons. The van der Waals surface area contributed by atoms with Gasteiger partial charge in [-0.1, -0.05) is 35.3 Å². The molecule has 0 aliphatic heterocycles. The van der Waals surface area contributed by atoms with Crippen molar-refractivity contribution in [3.63, 3.8) is 0 Å². The molecule has 26 heavy (non-hydrogen) atoms. The fourth-order valence-electron chi connectivity index (χ4n) is 2.43. The molecule has 0 aromatic heterocycles. The van der Waals surface area contributed by atoms with Crippen LogP contribution in [0.4, 0.5) is 0 Å². The van der Waals surface area contributed by atoms with Gasteiger partial charge in [0.2, 0.25) is 0 Å². The Hall–Kier alpha value is -1.36. The molecule has 0 unspecified atom stereocenters. The van der Waals surface area contributed by atoms with Crippen LogP contribution in [0.1, 0.15) is 22.3 Å². The lowest BCUT2D eigenvalue weighted by molar-refractivity contribution is -0.122. The molecule has 140 valence electrons. The standard InChI is InChI=1S/C20H23Cl2NO2S/c1-13-8-14(2)15(3)19(9-13)25-11-20(24)23-6-7-26-12-16-4-5-17(21)10-18(16)22/h4-5,8-10H,6-7,11-12H2,1-3H3,(H,23,24). The zero-order valence-electron chi connectivity index (χ0n) is 15.2. The van der Waals surface area contributed by atoms with Crippen LogP contribution in [0.3, 0.4) is 0 Å². The predicted octanol–water partition coefficient (Wildman–Crippen LogP) is 5.35. The summed E-state index contributed by atoms with van der Waals surface area (Å²) in [6, 6.07) is 9.56. The van der Waals surface area contributed by atoms with Gasteiger partial charge >= 0.3 is 0 Å². The molecule has 2 rings (SSSR count). The van der Waals surface area contributed by atoms with E-state index in [4.69, 9.17) is 27.9 Å². The Labute approximate surface area is 169 Å². The van der Waals surface area contributed by atoms with Gasteiger partial charge in [0.25, 0.3) is 5.91 Å². The number of thioether (sulfide) groups is 1. The maximum atomic E-state index is 11.9. The van der Waals surface area contributed by atoms with Crippen molar-refractivity contribution in [2.45, 2.75) is 26.5 Å². The van der Waals surface area contributed by atoms with Gasteiger partial charge in [0, 0.05) is 28.1 Å². The normalized spacial score (nSPS) is 10.7. The number of rotatable bonds is 8. The molecule has 1 N–H and O–H groups in total. The minimum Gasteiger partial charge on any atom is -0.483 e. The van der Waals surface area contributed by atoms with Gasteiger partial charge in [0.05, 0.1) is 0 Å². The van der Waals surface area contributed by atoms with E-state index in [0.717, 1.165) is 39.5 Å². The number of carbonyl (C=O) groups excluding carboxylic acids is 1. The van der Waals surface area contributed by atoms with Crippen LogP contribution < -0.4 is 10.1 Å². The fraction of sp³-hybridized carbons (Fsp3) is 0.350. The largest absolute Gasteiger partial charge is 0.483 e. The van der Waals surface area contributed by atoms with Crippen LogP contribution in [0.5, 0.6) is 5.75 Å². The van der Waals surface area contributed by atoms with E-state index in [1.807, 2.05) is 39.0 Å². The van der Waals surface area contributed by atoms with E-state index < -0.39 is 0 Å². The maximum absolute atomic E-state index is 11.9. The summed E-state index contributed by atoms with van der Waals surface area (Å²) in [6.45, 7) is 6.67. The van der Waals surface area contributed by atoms with E-state index in [1.54, 1.807) is 17.8 Å². The smallest absolute Gasteiger partial charge is 0.257 e. The third-order valence-corrected chi connectivity index (χ3v) is 5.56. The highest BCUT2D eigenvalue weighted by molar-refractivity contribution is 7.98. The summed E-state index contributed by atoms with van der Waals surface area (Å²) < 4.78 is 5.66. The zero-order valence-corrected chi connectivity index (χ0v) is 17.5. The molecule has 1 amide bonds. The lowest BCUT2D eigenvalue weighted by Crippen LogP contribution is -2.30. The van der Waals surface area contributed by atoms with Crippen molar-refractivity contribution in [3.8, 4) is 5.75 Å². The molecule has 0 aliphatic rings. The number of hydrogen-bond acceptors (Lipinski definition) is 3. The first kappa shape index (κ1) is 20.9. The minimum absolute atomic E-state index is 0.0252. The summed E-state index contributed by atoms with van der Waals surface area (Å²) in [7, 11) is 0. The van der Waals surface area contributed by atoms with Crippen LogP contribution in [-0.2, 0) is 10.5 Å². The third kappa shape index (κ3) is 6.42. The lowest BCUT2D eigenvalue weighted by Gasteiger charge is -2.12. The van der Waals surface area contributed by atoms with E-state index in [1.165, 1.54) is 0 Å². The van der Waals surface area contributed by atoms with E-state index in [0.29, 0.717) is 16.6 Å². The molecular weight excluding hydrogens is 389 g/mol. The summed E-state index contributed by atoms with van der Waals surface area (Å²) in [4.78, 5) is 11.9. The first-order chi connectivity index (χ1) is 12.4. The molecule has 0 heterocycles. The van der Waals surface area contributed by atoms with Crippen LogP contribution >= 0.6 is 35.0 Å². The number of amides is 1. The molecule has 0 fully saturated rings. The van der Waals surface area contributed by atoms with Crippen molar-refractivity contribution in [1.29, 1.82) is 0 Å². The molecule has 0 saturated carbocycles. The van der Waals surface area contributed by atoms with Gasteiger partial charge in [-0.3, -0.25) is 4.79 Å². The Balaban J connectivity index is 1.68. The van der Waals surface area contributed by atoms with E-state index in [2.05, 4.69) is 11.4 Å². The summed E-state index contributed by atoms with van der Waals surface area (Å²) in [5.41, 5.74) is 4.40. The molecule has 3 nitrogen and oxygen atoms in total. The zero-order chi connectivity index (χ0) is 19.1. The molecular formula is C20H23Cl2NO2S. The van der Waals surface area contributed by atoms with E-state index in [-0.39, 0.29) is 12.5 Å². The second kappa shape index (κ2) is 10.1. The Morgan fingerprint density at radius 3 is 2.65 bits per heavy atom. The Morgan fingerprint density at radius 1 is 1.15 bits per heavy atom. The van der Waals surface area contributed by atoms with Gasteiger partial charge in [-0.2, -0.15) is 11.8 Å². The van der Waals surface area contributed by atoms with Gasteiger partial charge in [-0.15, -0.1) is 0 Å². The first-order valence-electron chi connectivity index (χ1n) is 8.36. The molecule has 0 bridgehead atoms. The number of aryl methyl sites for hydroxylation is 2. The summed E-state index contributed by atoms with van der Waals surface area (Å²) in [5, 5.41) is 4.18. The second-order valence-electron chi connectivity index (χ2n) is 6.13. The maximum Gasteiger partial charge on any atom is 0.257 e. The average molecular weight is 412 g/mol. The van der Waals surface area contributed by atoms with Crippen molar-refractivity contribution in [2.75, 3.05) is 18.9 Å².